The number of sulfonamides is 1. The normalized spacial score (nSPS) is 13.8. The maximum atomic E-state index is 13.0. The number of amides is 1. The first-order valence-corrected chi connectivity index (χ1v) is 9.85. The zero-order chi connectivity index (χ0) is 18.7. The highest BCUT2D eigenvalue weighted by Crippen LogP contribution is 2.29. The molecular formula is C20H20N2O3S. The minimum atomic E-state index is -3.74. The average Bonchev–Trinajstić information content (AvgIpc) is 2.65. The van der Waals surface area contributed by atoms with Crippen LogP contribution in [0.15, 0.2) is 47.4 Å². The van der Waals surface area contributed by atoms with Crippen molar-refractivity contribution in [2.75, 3.05) is 18.0 Å². The van der Waals surface area contributed by atoms with E-state index in [9.17, 15) is 13.2 Å². The van der Waals surface area contributed by atoms with Gasteiger partial charge < -0.3 is 4.90 Å². The molecule has 1 heterocycles. The molecule has 26 heavy (non-hydrogen) atoms. The Bertz CT molecular complexity index is 990. The van der Waals surface area contributed by atoms with Crippen molar-refractivity contribution in [2.24, 2.45) is 0 Å². The molecule has 2 aromatic rings. The lowest BCUT2D eigenvalue weighted by Crippen LogP contribution is -2.35. The van der Waals surface area contributed by atoms with E-state index >= 15 is 0 Å². The van der Waals surface area contributed by atoms with Crippen LogP contribution in [-0.4, -0.2) is 27.4 Å². The fourth-order valence-corrected chi connectivity index (χ4v) is 4.09. The summed E-state index contributed by atoms with van der Waals surface area (Å²) in [6.45, 7) is 2.54. The van der Waals surface area contributed by atoms with Gasteiger partial charge in [0.15, 0.2) is 0 Å². The second-order valence-electron chi connectivity index (χ2n) is 6.25. The van der Waals surface area contributed by atoms with Gasteiger partial charge in [-0.05, 0) is 49.6 Å². The third-order valence-corrected chi connectivity index (χ3v) is 5.75. The number of anilines is 1. The number of carbonyl (C=O) groups is 1. The number of nitrogens with one attached hydrogen (secondary N) is 1. The number of carbonyl (C=O) groups excluding carboxylic acids is 1. The van der Waals surface area contributed by atoms with Crippen LogP contribution in [-0.2, 0) is 16.4 Å². The highest BCUT2D eigenvalue weighted by Gasteiger charge is 2.24. The third kappa shape index (κ3) is 3.64. The Kier molecular flexibility index (Phi) is 5.12. The van der Waals surface area contributed by atoms with E-state index in [1.54, 1.807) is 17.0 Å². The maximum Gasteiger partial charge on any atom is 0.258 e. The lowest BCUT2D eigenvalue weighted by atomic mass is 9.99. The quantitative estimate of drug-likeness (QED) is 0.843. The molecule has 0 saturated heterocycles. The van der Waals surface area contributed by atoms with E-state index in [-0.39, 0.29) is 17.3 Å². The Morgan fingerprint density at radius 2 is 2.08 bits per heavy atom. The van der Waals surface area contributed by atoms with Crippen LogP contribution in [0.5, 0.6) is 0 Å². The zero-order valence-electron chi connectivity index (χ0n) is 14.5. The van der Waals surface area contributed by atoms with Crippen LogP contribution in [0.4, 0.5) is 5.69 Å². The predicted octanol–water partition coefficient (Wildman–Crippen LogP) is 2.50. The van der Waals surface area contributed by atoms with Gasteiger partial charge in [0.2, 0.25) is 10.0 Å². The van der Waals surface area contributed by atoms with Gasteiger partial charge in [0.1, 0.15) is 0 Å². The molecule has 0 saturated carbocycles. The summed E-state index contributed by atoms with van der Waals surface area (Å²) in [6, 6.07) is 12.1. The average molecular weight is 368 g/mol. The Morgan fingerprint density at radius 3 is 2.85 bits per heavy atom. The second-order valence-corrected chi connectivity index (χ2v) is 8.02. The fourth-order valence-electron chi connectivity index (χ4n) is 3.11. The Morgan fingerprint density at radius 1 is 1.27 bits per heavy atom. The summed E-state index contributed by atoms with van der Waals surface area (Å²) in [5.74, 6) is 2.03. The van der Waals surface area contributed by atoms with E-state index in [0.29, 0.717) is 12.1 Å². The molecule has 0 aliphatic carbocycles. The van der Waals surface area contributed by atoms with Gasteiger partial charge in [0.05, 0.1) is 11.4 Å². The van der Waals surface area contributed by atoms with Crippen molar-refractivity contribution in [3.8, 4) is 12.3 Å². The van der Waals surface area contributed by atoms with Crippen molar-refractivity contribution in [3.63, 3.8) is 0 Å². The van der Waals surface area contributed by atoms with Gasteiger partial charge in [0, 0.05) is 17.8 Å². The van der Waals surface area contributed by atoms with E-state index in [4.69, 9.17) is 6.42 Å². The standard InChI is InChI=1S/C20H20N2O3S/c1-3-11-21-26(24,25)18-8-4-6-17(14-18)20(23)22-12-5-7-16-13-15(2)9-10-19(16)22/h1,4,6,8-10,13-14,21H,5,7,11-12H2,2H3. The molecule has 2 aromatic carbocycles. The zero-order valence-corrected chi connectivity index (χ0v) is 15.3. The summed E-state index contributed by atoms with van der Waals surface area (Å²) in [5, 5.41) is 0. The first-order valence-electron chi connectivity index (χ1n) is 8.37. The van der Waals surface area contributed by atoms with Crippen LogP contribution >= 0.6 is 0 Å². The topological polar surface area (TPSA) is 66.5 Å². The van der Waals surface area contributed by atoms with Gasteiger partial charge in [-0.15, -0.1) is 6.42 Å². The first-order chi connectivity index (χ1) is 12.4. The summed E-state index contributed by atoms with van der Waals surface area (Å²) < 4.78 is 26.8. The summed E-state index contributed by atoms with van der Waals surface area (Å²) in [4.78, 5) is 14.8. The molecule has 0 radical (unpaired) electrons. The number of hydrogen-bond acceptors (Lipinski definition) is 3. The van der Waals surface area contributed by atoms with Crippen LogP contribution < -0.4 is 9.62 Å². The molecule has 1 N–H and O–H groups in total. The maximum absolute atomic E-state index is 13.0. The minimum Gasteiger partial charge on any atom is -0.308 e. The molecule has 0 spiro atoms. The molecule has 0 atom stereocenters. The number of fused-ring (bicyclic) bond motifs is 1. The van der Waals surface area contributed by atoms with Crippen LogP contribution in [0.25, 0.3) is 0 Å². The van der Waals surface area contributed by atoms with Crippen molar-refractivity contribution in [2.45, 2.75) is 24.7 Å². The molecule has 0 bridgehead atoms. The molecule has 3 rings (SSSR count). The first kappa shape index (κ1) is 18.2. The van der Waals surface area contributed by atoms with E-state index in [0.717, 1.165) is 29.7 Å². The lowest BCUT2D eigenvalue weighted by molar-refractivity contribution is 0.0985. The number of hydrogen-bond donors (Lipinski definition) is 1. The van der Waals surface area contributed by atoms with Crippen molar-refractivity contribution >= 4 is 21.6 Å². The largest absolute Gasteiger partial charge is 0.308 e. The minimum absolute atomic E-state index is 0.0275. The van der Waals surface area contributed by atoms with Crippen LogP contribution in [0.3, 0.4) is 0 Å². The van der Waals surface area contributed by atoms with Crippen molar-refractivity contribution in [1.29, 1.82) is 0 Å². The number of nitrogens with zero attached hydrogens (tertiary/aromatic N) is 1. The second kappa shape index (κ2) is 7.32. The highest BCUT2D eigenvalue weighted by atomic mass is 32.2. The van der Waals surface area contributed by atoms with E-state index in [2.05, 4.69) is 16.7 Å². The van der Waals surface area contributed by atoms with E-state index < -0.39 is 10.0 Å². The highest BCUT2D eigenvalue weighted by molar-refractivity contribution is 7.89. The molecule has 1 amide bonds. The van der Waals surface area contributed by atoms with Gasteiger partial charge in [-0.3, -0.25) is 4.79 Å². The Balaban J connectivity index is 1.93. The molecule has 5 nitrogen and oxygen atoms in total. The monoisotopic (exact) mass is 368 g/mol. The summed E-state index contributed by atoms with van der Waals surface area (Å²) in [6.07, 6.45) is 6.92. The SMILES string of the molecule is C#CCNS(=O)(=O)c1cccc(C(=O)N2CCCc3cc(C)ccc32)c1. The molecule has 0 fully saturated rings. The number of rotatable bonds is 4. The van der Waals surface area contributed by atoms with Crippen molar-refractivity contribution < 1.29 is 13.2 Å². The van der Waals surface area contributed by atoms with Gasteiger partial charge in [0.25, 0.3) is 5.91 Å². The number of terminal acetylenes is 1. The summed E-state index contributed by atoms with van der Waals surface area (Å²) in [5.41, 5.74) is 3.53. The molecular weight excluding hydrogens is 348 g/mol. The number of aryl methyl sites for hydroxylation is 2. The molecule has 1 aliphatic heterocycles. The summed E-state index contributed by atoms with van der Waals surface area (Å²) in [7, 11) is -3.74. The van der Waals surface area contributed by atoms with Crippen LogP contribution in [0.1, 0.15) is 27.9 Å². The fraction of sp³-hybridized carbons (Fsp3) is 0.250. The van der Waals surface area contributed by atoms with Gasteiger partial charge >= 0.3 is 0 Å². The van der Waals surface area contributed by atoms with Crippen molar-refractivity contribution in [1.82, 2.24) is 4.72 Å². The van der Waals surface area contributed by atoms with Gasteiger partial charge in [-0.1, -0.05) is 29.7 Å². The summed E-state index contributed by atoms with van der Waals surface area (Å²) >= 11 is 0. The number of benzene rings is 2. The molecule has 0 aromatic heterocycles. The smallest absolute Gasteiger partial charge is 0.258 e. The predicted molar refractivity (Wildman–Crippen MR) is 102 cm³/mol. The molecule has 1 aliphatic rings. The Labute approximate surface area is 154 Å². The third-order valence-electron chi connectivity index (χ3n) is 4.35. The molecule has 134 valence electrons. The van der Waals surface area contributed by atoms with E-state index in [1.165, 1.54) is 12.1 Å². The van der Waals surface area contributed by atoms with Crippen LogP contribution in [0, 0.1) is 19.3 Å². The Hall–Kier alpha value is -2.62. The van der Waals surface area contributed by atoms with E-state index in [1.807, 2.05) is 19.1 Å². The van der Waals surface area contributed by atoms with Crippen LogP contribution in [0.2, 0.25) is 0 Å². The van der Waals surface area contributed by atoms with Gasteiger partial charge in [-0.2, -0.15) is 4.72 Å². The van der Waals surface area contributed by atoms with Gasteiger partial charge in [-0.25, -0.2) is 8.42 Å². The lowest BCUT2D eigenvalue weighted by Gasteiger charge is -2.30. The molecule has 0 unspecified atom stereocenters. The molecule has 6 heteroatoms. The van der Waals surface area contributed by atoms with Crippen molar-refractivity contribution in [3.05, 3.63) is 59.2 Å².